The first kappa shape index (κ1) is 61.1. The molecule has 1 aliphatic carbocycles. The Hall–Kier alpha value is -3.74. The maximum atomic E-state index is 13.1. The Kier molecular flexibility index (Phi) is 19.1. The van der Waals surface area contributed by atoms with Gasteiger partial charge in [0.2, 0.25) is 0 Å². The van der Waals surface area contributed by atoms with E-state index in [1.165, 1.54) is 0 Å². The molecule has 6 aromatic carbocycles. The minimum atomic E-state index is -0.750. The lowest BCUT2D eigenvalue weighted by atomic mass is 9.72. The van der Waals surface area contributed by atoms with Crippen molar-refractivity contribution in [2.75, 3.05) is 0 Å². The second-order valence-electron chi connectivity index (χ2n) is 24.6. The summed E-state index contributed by atoms with van der Waals surface area (Å²) in [6, 6.07) is 25.8. The Morgan fingerprint density at radius 1 is 0.338 bits per heavy atom. The maximum Gasteiger partial charge on any atom is 0.180 e. The number of benzene rings is 6. The van der Waals surface area contributed by atoms with Crippen molar-refractivity contribution in [3.05, 3.63) is 184 Å². The van der Waals surface area contributed by atoms with Gasteiger partial charge in [-0.1, -0.05) is 237 Å². The van der Waals surface area contributed by atoms with E-state index >= 15 is 0 Å². The smallest absolute Gasteiger partial charge is 0.180 e. The Bertz CT molecular complexity index is 2640. The Balaban J connectivity index is 0.00000118. The molecule has 0 aliphatic heterocycles. The number of hydrogen-bond donors (Lipinski definition) is 4. The van der Waals surface area contributed by atoms with Crippen LogP contribution in [0.25, 0.3) is 0 Å². The summed E-state index contributed by atoms with van der Waals surface area (Å²) in [4.78, 5) is 0. The Morgan fingerprint density at radius 3 is 0.676 bits per heavy atom. The number of rotatable bonds is 2. The number of hydrogen-bond acceptors (Lipinski definition) is 4. The normalized spacial score (nSPS) is 15.1. The minimum Gasteiger partial charge on any atom is -0.507 e. The lowest BCUT2D eigenvalue weighted by Gasteiger charge is -2.32. The van der Waals surface area contributed by atoms with Crippen molar-refractivity contribution in [3.8, 4) is 23.0 Å². The van der Waals surface area contributed by atoms with Crippen LogP contribution in [0.15, 0.2) is 72.8 Å². The SMILES string of the molecule is Cc1cc(C)c(C2c3cc(C(C)(C)C)cc(c3O)Cc3cc(C(C)(C)C)cc(c3O)C(c3c(C)cc(C)cc3C)c3cc(C(C)(C)C)cc(c3O)Cc3cc(C(C)(C)C)cc2c3O)c(C)c1.ClC(Cl)Cl.ClC(Cl)Cl. The van der Waals surface area contributed by atoms with E-state index in [-0.39, 0.29) is 57.5 Å². The fraction of sp³-hybridized carbons (Fsp3) is 0.438. The third kappa shape index (κ3) is 14.0. The lowest BCUT2D eigenvalue weighted by Crippen LogP contribution is -2.19. The summed E-state index contributed by atoms with van der Waals surface area (Å²) in [6.07, 6.45) is 0.502. The highest BCUT2D eigenvalue weighted by atomic mass is 35.6. The van der Waals surface area contributed by atoms with Gasteiger partial charge in [0.1, 0.15) is 23.0 Å². The van der Waals surface area contributed by atoms with E-state index in [1.54, 1.807) is 0 Å². The predicted octanol–water partition coefficient (Wildman–Crippen LogP) is 19.4. The molecule has 1 aliphatic rings. The van der Waals surface area contributed by atoms with Crippen molar-refractivity contribution in [3.63, 3.8) is 0 Å². The van der Waals surface area contributed by atoms with Gasteiger partial charge in [-0.3, -0.25) is 0 Å². The van der Waals surface area contributed by atoms with Crippen molar-refractivity contribution < 1.29 is 20.4 Å². The second-order valence-corrected chi connectivity index (χ2v) is 28.6. The van der Waals surface area contributed by atoms with Gasteiger partial charge in [0.05, 0.1) is 0 Å². The largest absolute Gasteiger partial charge is 0.507 e. The highest BCUT2D eigenvalue weighted by molar-refractivity contribution is 6.63. The molecule has 8 bridgehead atoms. The molecule has 4 N–H and O–H groups in total. The summed E-state index contributed by atoms with van der Waals surface area (Å²) < 4.78 is -1.50. The summed E-state index contributed by atoms with van der Waals surface area (Å²) in [6.45, 7) is 39.1. The van der Waals surface area contributed by atoms with Gasteiger partial charge in [-0.05, 0) is 141 Å². The van der Waals surface area contributed by atoms with Crippen LogP contribution in [0.1, 0.15) is 206 Å². The van der Waals surface area contributed by atoms with Gasteiger partial charge in [0.15, 0.2) is 8.59 Å². The van der Waals surface area contributed by atoms with Gasteiger partial charge in [0.25, 0.3) is 0 Å². The molecule has 0 unspecified atom stereocenters. The van der Waals surface area contributed by atoms with Gasteiger partial charge in [-0.2, -0.15) is 0 Å². The van der Waals surface area contributed by atoms with Gasteiger partial charge >= 0.3 is 0 Å². The van der Waals surface area contributed by atoms with Crippen LogP contribution in [-0.2, 0) is 34.5 Å². The van der Waals surface area contributed by atoms with Crippen LogP contribution in [0.5, 0.6) is 23.0 Å². The molecule has 0 aromatic heterocycles. The molecule has 0 radical (unpaired) electrons. The monoisotopic (exact) mass is 1120 g/mol. The molecule has 6 aromatic rings. The predicted molar refractivity (Wildman–Crippen MR) is 319 cm³/mol. The van der Waals surface area contributed by atoms with E-state index in [4.69, 9.17) is 69.6 Å². The van der Waals surface area contributed by atoms with Gasteiger partial charge < -0.3 is 20.4 Å². The third-order valence-corrected chi connectivity index (χ3v) is 14.4. The first-order chi connectivity index (χ1) is 33.8. The molecule has 7 rings (SSSR count). The molecule has 0 amide bonds. The van der Waals surface area contributed by atoms with Crippen molar-refractivity contribution in [2.45, 2.75) is 180 Å². The van der Waals surface area contributed by atoms with E-state index in [2.05, 4.69) is 197 Å². The van der Waals surface area contributed by atoms with Gasteiger partial charge in [0, 0.05) is 46.9 Å². The van der Waals surface area contributed by atoms with Crippen LogP contribution < -0.4 is 0 Å². The van der Waals surface area contributed by atoms with Crippen LogP contribution in [0, 0.1) is 41.5 Å². The Labute approximate surface area is 473 Å². The van der Waals surface area contributed by atoms with Gasteiger partial charge in [-0.15, -0.1) is 0 Å². The van der Waals surface area contributed by atoms with Crippen molar-refractivity contribution in [1.82, 2.24) is 0 Å². The molecule has 0 saturated heterocycles. The maximum absolute atomic E-state index is 13.1. The minimum absolute atomic E-state index is 0.156. The third-order valence-electron chi connectivity index (χ3n) is 14.4. The van der Waals surface area contributed by atoms with Crippen molar-refractivity contribution >= 4 is 69.6 Å². The highest BCUT2D eigenvalue weighted by Gasteiger charge is 2.36. The van der Waals surface area contributed by atoms with Crippen molar-refractivity contribution in [2.24, 2.45) is 0 Å². The zero-order valence-corrected chi connectivity index (χ0v) is 51.2. The second kappa shape index (κ2) is 23.1. The van der Waals surface area contributed by atoms with Crippen LogP contribution in [0.3, 0.4) is 0 Å². The fourth-order valence-electron chi connectivity index (χ4n) is 10.7. The summed E-state index contributed by atoms with van der Waals surface area (Å²) in [5.74, 6) is -0.502. The first-order valence-electron chi connectivity index (χ1n) is 25.3. The molecule has 0 atom stereocenters. The molecular formula is C64H78Cl6O4. The number of aryl methyl sites for hydroxylation is 6. The molecule has 10 heteroatoms. The molecule has 0 spiro atoms. The number of aromatic hydroxyl groups is 4. The molecule has 400 valence electrons. The number of phenols is 4. The average molecular weight is 1120 g/mol. The van der Waals surface area contributed by atoms with Crippen molar-refractivity contribution in [1.29, 1.82) is 0 Å². The quantitative estimate of drug-likeness (QED) is 0.130. The molecular weight excluding hydrogens is 1050 g/mol. The molecule has 0 saturated carbocycles. The first-order valence-corrected chi connectivity index (χ1v) is 27.9. The van der Waals surface area contributed by atoms with Crippen LogP contribution >= 0.6 is 69.6 Å². The number of phenolic OH excluding ortho intramolecular Hbond substituents is 4. The zero-order valence-electron chi connectivity index (χ0n) is 46.7. The molecule has 74 heavy (non-hydrogen) atoms. The number of fused-ring (bicyclic) bond motifs is 8. The summed E-state index contributed by atoms with van der Waals surface area (Å²) in [5.41, 5.74) is 17.3. The average Bonchev–Trinajstić information content (AvgIpc) is 3.21. The summed E-state index contributed by atoms with van der Waals surface area (Å²) >= 11 is 28.8. The molecule has 4 nitrogen and oxygen atoms in total. The molecule has 0 fully saturated rings. The standard InChI is InChI=1S/C62H76O4.2CHCl3/c1-33-19-35(3)51(36(4)20-33)53-47-29-43(59(7,8)9)25-39(55(47)63)23-41-27-45(61(13,14)15)31-49(57(41)65)54(52-37(5)21-34(2)22-38(52)6)50-32-46(62(16,17)18)28-42(58(50)66)24-40-26-44(60(10,11)12)30-48(53)56(40)64;2*2-1(3)4/h19-22,25-32,53-54,63-66H,23-24H2,1-18H3;2*1H. The van der Waals surface area contributed by atoms with E-state index in [0.29, 0.717) is 44.5 Å². The van der Waals surface area contributed by atoms with Crippen LogP contribution in [0.2, 0.25) is 0 Å². The summed E-state index contributed by atoms with van der Waals surface area (Å²) in [7, 11) is 0. The van der Waals surface area contributed by atoms with E-state index < -0.39 is 20.4 Å². The number of alkyl halides is 6. The van der Waals surface area contributed by atoms with E-state index in [9.17, 15) is 20.4 Å². The van der Waals surface area contributed by atoms with Crippen LogP contribution in [0.4, 0.5) is 0 Å². The molecule has 0 heterocycles. The topological polar surface area (TPSA) is 80.9 Å². The number of halogens is 6. The highest BCUT2D eigenvalue weighted by Crippen LogP contribution is 2.52. The summed E-state index contributed by atoms with van der Waals surface area (Å²) in [5, 5.41) is 52.4. The van der Waals surface area contributed by atoms with Crippen LogP contribution in [-0.4, -0.2) is 29.0 Å². The zero-order chi connectivity index (χ0) is 56.1. The van der Waals surface area contributed by atoms with E-state index in [0.717, 1.165) is 66.8 Å². The van der Waals surface area contributed by atoms with Gasteiger partial charge in [-0.25, -0.2) is 0 Å². The Morgan fingerprint density at radius 2 is 0.514 bits per heavy atom. The fourth-order valence-corrected chi connectivity index (χ4v) is 10.7. The van der Waals surface area contributed by atoms with E-state index in [1.807, 2.05) is 0 Å². The lowest BCUT2D eigenvalue weighted by molar-refractivity contribution is 0.444.